The predicted molar refractivity (Wildman–Crippen MR) is 95.3 cm³/mol. The second-order valence-corrected chi connectivity index (χ2v) is 7.02. The van der Waals surface area contributed by atoms with Crippen LogP contribution in [0.25, 0.3) is 0 Å². The minimum absolute atomic E-state index is 0.211. The van der Waals surface area contributed by atoms with Crippen molar-refractivity contribution in [3.05, 3.63) is 35.4 Å². The Bertz CT molecular complexity index is 674. The zero-order valence-corrected chi connectivity index (χ0v) is 14.8. The highest BCUT2D eigenvalue weighted by Gasteiger charge is 2.28. The van der Waals surface area contributed by atoms with Crippen molar-refractivity contribution in [2.45, 2.75) is 38.8 Å². The van der Waals surface area contributed by atoms with E-state index in [4.69, 9.17) is 5.11 Å². The van der Waals surface area contributed by atoms with Crippen LogP contribution in [0.2, 0.25) is 0 Å². The molecule has 0 aromatic heterocycles. The Morgan fingerprint density at radius 3 is 2.50 bits per heavy atom. The summed E-state index contributed by atoms with van der Waals surface area (Å²) in [6, 6.07) is 7.64. The van der Waals surface area contributed by atoms with Gasteiger partial charge in [0.1, 0.15) is 0 Å². The van der Waals surface area contributed by atoms with E-state index in [2.05, 4.69) is 5.32 Å². The van der Waals surface area contributed by atoms with Gasteiger partial charge in [-0.25, -0.2) is 4.79 Å². The molecular formula is C19H25N3O4. The predicted octanol–water partition coefficient (Wildman–Crippen LogP) is 1.82. The summed E-state index contributed by atoms with van der Waals surface area (Å²) in [4.78, 5) is 38.5. The second kappa shape index (κ2) is 8.21. The van der Waals surface area contributed by atoms with Gasteiger partial charge in [-0.2, -0.15) is 0 Å². The molecule has 2 aliphatic rings. The molecule has 2 N–H and O–H groups in total. The van der Waals surface area contributed by atoms with Gasteiger partial charge in [-0.1, -0.05) is 24.3 Å². The summed E-state index contributed by atoms with van der Waals surface area (Å²) in [7, 11) is 0. The van der Waals surface area contributed by atoms with E-state index in [1.54, 1.807) is 4.90 Å². The van der Waals surface area contributed by atoms with Crippen LogP contribution < -0.4 is 5.32 Å². The fraction of sp³-hybridized carbons (Fsp3) is 0.526. The lowest BCUT2D eigenvalue weighted by Gasteiger charge is -2.30. The van der Waals surface area contributed by atoms with Crippen molar-refractivity contribution >= 4 is 17.9 Å². The van der Waals surface area contributed by atoms with E-state index < -0.39 is 11.9 Å². The second-order valence-electron chi connectivity index (χ2n) is 7.02. The molecule has 2 heterocycles. The summed E-state index contributed by atoms with van der Waals surface area (Å²) < 4.78 is 0. The Hall–Kier alpha value is -2.57. The van der Waals surface area contributed by atoms with Crippen LogP contribution in [-0.2, 0) is 22.7 Å². The van der Waals surface area contributed by atoms with Gasteiger partial charge in [0.2, 0.25) is 5.91 Å². The van der Waals surface area contributed by atoms with E-state index in [1.165, 1.54) is 0 Å². The van der Waals surface area contributed by atoms with Crippen LogP contribution in [0, 0.1) is 5.92 Å². The van der Waals surface area contributed by atoms with E-state index in [1.807, 2.05) is 29.2 Å². The van der Waals surface area contributed by atoms with Crippen molar-refractivity contribution in [3.8, 4) is 0 Å². The molecule has 0 aliphatic carbocycles. The molecule has 7 heteroatoms. The Morgan fingerprint density at radius 1 is 1.12 bits per heavy atom. The monoisotopic (exact) mass is 359 g/mol. The van der Waals surface area contributed by atoms with Crippen LogP contribution in [0.1, 0.15) is 36.8 Å². The molecule has 1 aromatic carbocycles. The standard InChI is InChI=1S/C19H25N3O4/c23-17-4-2-9-21(17)12-15-7-5-14(6-8-15)11-20-19(26)22-10-1-3-16(13-22)18(24)25/h5-8,16H,1-4,9-13H2,(H,20,26)(H,24,25). The van der Waals surface area contributed by atoms with Gasteiger partial charge in [-0.05, 0) is 30.4 Å². The van der Waals surface area contributed by atoms with Crippen LogP contribution in [0.4, 0.5) is 4.79 Å². The number of aliphatic carboxylic acids is 1. The molecule has 1 atom stereocenters. The normalized spacial score (nSPS) is 20.3. The number of piperidine rings is 1. The largest absolute Gasteiger partial charge is 0.481 e. The van der Waals surface area contributed by atoms with Crippen molar-refractivity contribution in [2.24, 2.45) is 5.92 Å². The smallest absolute Gasteiger partial charge is 0.317 e. The van der Waals surface area contributed by atoms with Crippen LogP contribution in [-0.4, -0.2) is 52.4 Å². The first kappa shape index (κ1) is 18.2. The van der Waals surface area contributed by atoms with Gasteiger partial charge in [0.05, 0.1) is 5.92 Å². The lowest BCUT2D eigenvalue weighted by molar-refractivity contribution is -0.143. The van der Waals surface area contributed by atoms with E-state index in [0.29, 0.717) is 38.9 Å². The number of carboxylic acids is 1. The summed E-state index contributed by atoms with van der Waals surface area (Å²) in [5.41, 5.74) is 2.05. The molecule has 0 bridgehead atoms. The molecule has 0 radical (unpaired) electrons. The maximum Gasteiger partial charge on any atom is 0.317 e. The van der Waals surface area contributed by atoms with Crippen molar-refractivity contribution < 1.29 is 19.5 Å². The average Bonchev–Trinajstić information content (AvgIpc) is 3.05. The highest BCUT2D eigenvalue weighted by Crippen LogP contribution is 2.17. The highest BCUT2D eigenvalue weighted by molar-refractivity contribution is 5.78. The molecule has 3 amide bonds. The summed E-state index contributed by atoms with van der Waals surface area (Å²) in [5, 5.41) is 12.0. The van der Waals surface area contributed by atoms with Crippen LogP contribution >= 0.6 is 0 Å². The van der Waals surface area contributed by atoms with Crippen molar-refractivity contribution in [1.29, 1.82) is 0 Å². The fourth-order valence-electron chi connectivity index (χ4n) is 3.51. The van der Waals surface area contributed by atoms with Crippen LogP contribution in [0.5, 0.6) is 0 Å². The summed E-state index contributed by atoms with van der Waals surface area (Å²) in [6.45, 7) is 2.72. The van der Waals surface area contributed by atoms with Gasteiger partial charge in [0.15, 0.2) is 0 Å². The molecule has 2 aliphatic heterocycles. The molecular weight excluding hydrogens is 334 g/mol. The Morgan fingerprint density at radius 2 is 1.85 bits per heavy atom. The van der Waals surface area contributed by atoms with E-state index in [9.17, 15) is 14.4 Å². The molecule has 140 valence electrons. The first-order chi connectivity index (χ1) is 12.5. The topological polar surface area (TPSA) is 89.9 Å². The van der Waals surface area contributed by atoms with Crippen LogP contribution in [0.3, 0.4) is 0 Å². The molecule has 0 spiro atoms. The first-order valence-corrected chi connectivity index (χ1v) is 9.14. The quantitative estimate of drug-likeness (QED) is 0.839. The SMILES string of the molecule is O=C(O)C1CCCN(C(=O)NCc2ccc(CN3CCCC3=O)cc2)C1. The van der Waals surface area contributed by atoms with Crippen molar-refractivity contribution in [1.82, 2.24) is 15.1 Å². The zero-order valence-electron chi connectivity index (χ0n) is 14.8. The van der Waals surface area contributed by atoms with Crippen molar-refractivity contribution in [2.75, 3.05) is 19.6 Å². The molecule has 1 unspecified atom stereocenters. The maximum absolute atomic E-state index is 12.3. The molecule has 26 heavy (non-hydrogen) atoms. The Kier molecular flexibility index (Phi) is 5.75. The van der Waals surface area contributed by atoms with Gasteiger partial charge in [0, 0.05) is 39.1 Å². The lowest BCUT2D eigenvalue weighted by Crippen LogP contribution is -2.46. The third-order valence-electron chi connectivity index (χ3n) is 5.07. The fourth-order valence-corrected chi connectivity index (χ4v) is 3.51. The van der Waals surface area contributed by atoms with Gasteiger partial charge in [0.25, 0.3) is 0 Å². The number of nitrogens with zero attached hydrogens (tertiary/aromatic N) is 2. The third-order valence-corrected chi connectivity index (χ3v) is 5.07. The number of nitrogens with one attached hydrogen (secondary N) is 1. The Balaban J connectivity index is 1.47. The Labute approximate surface area is 153 Å². The molecule has 0 saturated carbocycles. The number of benzene rings is 1. The molecule has 1 aromatic rings. The molecule has 2 fully saturated rings. The summed E-state index contributed by atoms with van der Waals surface area (Å²) >= 11 is 0. The molecule has 7 nitrogen and oxygen atoms in total. The van der Waals surface area contributed by atoms with Crippen LogP contribution in [0.15, 0.2) is 24.3 Å². The van der Waals surface area contributed by atoms with Gasteiger partial charge < -0.3 is 20.2 Å². The number of carboxylic acid groups (broad SMARTS) is 1. The average molecular weight is 359 g/mol. The number of hydrogen-bond acceptors (Lipinski definition) is 3. The summed E-state index contributed by atoms with van der Waals surface area (Å²) in [6.07, 6.45) is 2.92. The first-order valence-electron chi connectivity index (χ1n) is 9.14. The number of likely N-dealkylation sites (tertiary alicyclic amines) is 2. The number of rotatable bonds is 5. The lowest BCUT2D eigenvalue weighted by atomic mass is 9.99. The van der Waals surface area contributed by atoms with Gasteiger partial charge in [-0.3, -0.25) is 9.59 Å². The zero-order chi connectivity index (χ0) is 18.5. The summed E-state index contributed by atoms with van der Waals surface area (Å²) in [5.74, 6) is -1.10. The van der Waals surface area contributed by atoms with Gasteiger partial charge in [-0.15, -0.1) is 0 Å². The number of carbonyl (C=O) groups is 3. The van der Waals surface area contributed by atoms with Crippen molar-refractivity contribution in [3.63, 3.8) is 0 Å². The van der Waals surface area contributed by atoms with Gasteiger partial charge >= 0.3 is 12.0 Å². The number of amides is 3. The number of carbonyl (C=O) groups excluding carboxylic acids is 2. The minimum atomic E-state index is -0.838. The number of urea groups is 1. The third kappa shape index (κ3) is 4.53. The van der Waals surface area contributed by atoms with E-state index in [0.717, 1.165) is 24.1 Å². The van der Waals surface area contributed by atoms with E-state index in [-0.39, 0.29) is 18.5 Å². The maximum atomic E-state index is 12.3. The highest BCUT2D eigenvalue weighted by atomic mass is 16.4. The number of hydrogen-bond donors (Lipinski definition) is 2. The molecule has 3 rings (SSSR count). The minimum Gasteiger partial charge on any atom is -0.481 e. The molecule has 2 saturated heterocycles. The van der Waals surface area contributed by atoms with E-state index >= 15 is 0 Å².